The number of anilines is 1. The molecule has 0 amide bonds. The van der Waals surface area contributed by atoms with Gasteiger partial charge in [-0.25, -0.2) is 0 Å². The van der Waals surface area contributed by atoms with Gasteiger partial charge in [0.1, 0.15) is 0 Å². The van der Waals surface area contributed by atoms with Crippen LogP contribution in [0.1, 0.15) is 12.0 Å². The number of rotatable bonds is 8. The second kappa shape index (κ2) is 13.1. The van der Waals surface area contributed by atoms with E-state index in [1.165, 1.54) is 12.1 Å². The zero-order valence-electron chi connectivity index (χ0n) is 16.9. The zero-order valence-corrected chi connectivity index (χ0v) is 19.2. The van der Waals surface area contributed by atoms with Gasteiger partial charge in [-0.15, -0.1) is 24.0 Å². The quantitative estimate of drug-likeness (QED) is 0.243. The molecule has 1 aromatic rings. The van der Waals surface area contributed by atoms with E-state index in [2.05, 4.69) is 15.2 Å². The predicted octanol–water partition coefficient (Wildman–Crippen LogP) is 3.07. The standard InChI is InChI=1S/C19H29F3N4O2.HI/c1-23-18(24-7-4-12-28-14-13-27-2)26-10-8-25(9-11-26)17-6-3-5-16(15-17)19(20,21)22;/h3,5-6,15H,4,7-14H2,1-2H3,(H,23,24);1H. The van der Waals surface area contributed by atoms with Crippen molar-refractivity contribution in [2.45, 2.75) is 12.6 Å². The third-order valence-corrected chi connectivity index (χ3v) is 4.51. The molecule has 1 aliphatic rings. The molecule has 1 aromatic carbocycles. The van der Waals surface area contributed by atoms with Crippen molar-refractivity contribution in [3.05, 3.63) is 29.8 Å². The average molecular weight is 530 g/mol. The highest BCUT2D eigenvalue weighted by Crippen LogP contribution is 2.31. The number of guanidine groups is 1. The van der Waals surface area contributed by atoms with Crippen LogP contribution in [0.25, 0.3) is 0 Å². The Morgan fingerprint density at radius 3 is 2.48 bits per heavy atom. The highest BCUT2D eigenvalue weighted by Gasteiger charge is 2.31. The van der Waals surface area contributed by atoms with E-state index in [4.69, 9.17) is 9.47 Å². The van der Waals surface area contributed by atoms with Crippen LogP contribution in [0, 0.1) is 0 Å². The maximum absolute atomic E-state index is 12.9. The molecule has 1 N–H and O–H groups in total. The monoisotopic (exact) mass is 530 g/mol. The van der Waals surface area contributed by atoms with Crippen molar-refractivity contribution in [3.63, 3.8) is 0 Å². The van der Waals surface area contributed by atoms with Gasteiger partial charge in [0, 0.05) is 59.2 Å². The minimum atomic E-state index is -4.32. The minimum absolute atomic E-state index is 0. The summed E-state index contributed by atoms with van der Waals surface area (Å²) in [6.07, 6.45) is -3.47. The first-order valence-corrected chi connectivity index (χ1v) is 9.40. The Hall–Kier alpha value is -1.27. The molecule has 0 saturated carbocycles. The number of aliphatic imine (C=N–C) groups is 1. The van der Waals surface area contributed by atoms with Crippen molar-refractivity contribution < 1.29 is 22.6 Å². The van der Waals surface area contributed by atoms with E-state index in [1.807, 2.05) is 4.90 Å². The van der Waals surface area contributed by atoms with Crippen LogP contribution >= 0.6 is 24.0 Å². The molecule has 0 aromatic heterocycles. The van der Waals surface area contributed by atoms with E-state index in [1.54, 1.807) is 20.2 Å². The molecular weight excluding hydrogens is 500 g/mol. The predicted molar refractivity (Wildman–Crippen MR) is 119 cm³/mol. The van der Waals surface area contributed by atoms with Crippen molar-refractivity contribution in [1.29, 1.82) is 0 Å². The largest absolute Gasteiger partial charge is 0.416 e. The Balaban J connectivity index is 0.00000420. The highest BCUT2D eigenvalue weighted by molar-refractivity contribution is 14.0. The molecule has 6 nitrogen and oxygen atoms in total. The zero-order chi connectivity index (χ0) is 20.4. The summed E-state index contributed by atoms with van der Waals surface area (Å²) in [6, 6.07) is 5.50. The van der Waals surface area contributed by atoms with Crippen LogP contribution < -0.4 is 10.2 Å². The Kier molecular flexibility index (Phi) is 11.7. The molecule has 0 unspecified atom stereocenters. The van der Waals surface area contributed by atoms with E-state index in [9.17, 15) is 13.2 Å². The number of hydrogen-bond acceptors (Lipinski definition) is 4. The second-order valence-corrected chi connectivity index (χ2v) is 6.45. The molecular formula is C19H30F3IN4O2. The summed E-state index contributed by atoms with van der Waals surface area (Å²) >= 11 is 0. The maximum atomic E-state index is 12.9. The summed E-state index contributed by atoms with van der Waals surface area (Å²) in [7, 11) is 3.37. The van der Waals surface area contributed by atoms with Crippen LogP contribution in [0.4, 0.5) is 18.9 Å². The molecule has 1 saturated heterocycles. The third-order valence-electron chi connectivity index (χ3n) is 4.51. The lowest BCUT2D eigenvalue weighted by molar-refractivity contribution is -0.137. The molecule has 0 bridgehead atoms. The van der Waals surface area contributed by atoms with Crippen LogP contribution in [0.3, 0.4) is 0 Å². The van der Waals surface area contributed by atoms with Crippen molar-refractivity contribution in [2.75, 3.05) is 71.6 Å². The van der Waals surface area contributed by atoms with Gasteiger partial charge in [-0.2, -0.15) is 13.2 Å². The summed E-state index contributed by atoms with van der Waals surface area (Å²) in [4.78, 5) is 8.40. The Morgan fingerprint density at radius 2 is 1.86 bits per heavy atom. The normalized spacial score (nSPS) is 15.3. The van der Waals surface area contributed by atoms with Crippen molar-refractivity contribution in [3.8, 4) is 0 Å². The van der Waals surface area contributed by atoms with Crippen LogP contribution in [-0.2, 0) is 15.7 Å². The number of hydrogen-bond donors (Lipinski definition) is 1. The van der Waals surface area contributed by atoms with Crippen LogP contribution in [-0.4, -0.2) is 77.6 Å². The minimum Gasteiger partial charge on any atom is -0.382 e. The van der Waals surface area contributed by atoms with Crippen molar-refractivity contribution in [1.82, 2.24) is 10.2 Å². The lowest BCUT2D eigenvalue weighted by atomic mass is 10.1. The number of halogens is 4. The number of piperazine rings is 1. The van der Waals surface area contributed by atoms with Gasteiger partial charge in [0.25, 0.3) is 0 Å². The number of methoxy groups -OCH3 is 1. The maximum Gasteiger partial charge on any atom is 0.416 e. The molecule has 29 heavy (non-hydrogen) atoms. The fourth-order valence-electron chi connectivity index (χ4n) is 3.01. The molecule has 1 heterocycles. The summed E-state index contributed by atoms with van der Waals surface area (Å²) in [5.41, 5.74) is -0.0109. The van der Waals surface area contributed by atoms with Gasteiger partial charge in [0.15, 0.2) is 5.96 Å². The molecule has 0 spiro atoms. The van der Waals surface area contributed by atoms with Crippen LogP contribution in [0.2, 0.25) is 0 Å². The molecule has 10 heteroatoms. The molecule has 0 aliphatic carbocycles. The number of nitrogens with one attached hydrogen (secondary N) is 1. The fraction of sp³-hybridized carbons (Fsp3) is 0.632. The van der Waals surface area contributed by atoms with E-state index in [0.29, 0.717) is 51.7 Å². The Bertz CT molecular complexity index is 624. The van der Waals surface area contributed by atoms with Gasteiger partial charge in [-0.05, 0) is 24.6 Å². The Labute approximate surface area is 187 Å². The summed E-state index contributed by atoms with van der Waals surface area (Å²) in [6.45, 7) is 5.24. The lowest BCUT2D eigenvalue weighted by Crippen LogP contribution is -2.52. The van der Waals surface area contributed by atoms with E-state index in [-0.39, 0.29) is 24.0 Å². The molecule has 1 aliphatic heterocycles. The average Bonchev–Trinajstić information content (AvgIpc) is 2.70. The number of benzene rings is 1. The van der Waals surface area contributed by atoms with Crippen LogP contribution in [0.5, 0.6) is 0 Å². The molecule has 0 atom stereocenters. The SMILES string of the molecule is CN=C(NCCCOCCOC)N1CCN(c2cccc(C(F)(F)F)c2)CC1.I. The second-order valence-electron chi connectivity index (χ2n) is 6.45. The number of ether oxygens (including phenoxy) is 2. The molecule has 0 radical (unpaired) electrons. The summed E-state index contributed by atoms with van der Waals surface area (Å²) in [5.74, 6) is 0.806. The van der Waals surface area contributed by atoms with Gasteiger partial charge in [0.05, 0.1) is 18.8 Å². The molecule has 2 rings (SSSR count). The van der Waals surface area contributed by atoms with Crippen molar-refractivity contribution >= 4 is 35.6 Å². The van der Waals surface area contributed by atoms with Gasteiger partial charge >= 0.3 is 6.18 Å². The first-order valence-electron chi connectivity index (χ1n) is 9.40. The number of nitrogens with zero attached hydrogens (tertiary/aromatic N) is 3. The molecule has 1 fully saturated rings. The van der Waals surface area contributed by atoms with Crippen LogP contribution in [0.15, 0.2) is 29.3 Å². The number of alkyl halides is 3. The van der Waals surface area contributed by atoms with E-state index >= 15 is 0 Å². The van der Waals surface area contributed by atoms with Gasteiger partial charge in [0.2, 0.25) is 0 Å². The Morgan fingerprint density at radius 1 is 1.14 bits per heavy atom. The van der Waals surface area contributed by atoms with E-state index in [0.717, 1.165) is 25.0 Å². The fourth-order valence-corrected chi connectivity index (χ4v) is 3.01. The topological polar surface area (TPSA) is 49.3 Å². The first kappa shape index (κ1) is 25.8. The van der Waals surface area contributed by atoms with Gasteiger partial charge in [-0.1, -0.05) is 6.07 Å². The smallest absolute Gasteiger partial charge is 0.382 e. The van der Waals surface area contributed by atoms with E-state index < -0.39 is 11.7 Å². The highest BCUT2D eigenvalue weighted by atomic mass is 127. The summed E-state index contributed by atoms with van der Waals surface area (Å²) < 4.78 is 49.1. The first-order chi connectivity index (χ1) is 13.5. The molecule has 166 valence electrons. The summed E-state index contributed by atoms with van der Waals surface area (Å²) in [5, 5.41) is 3.31. The van der Waals surface area contributed by atoms with Gasteiger partial charge < -0.3 is 24.6 Å². The van der Waals surface area contributed by atoms with Crippen molar-refractivity contribution in [2.24, 2.45) is 4.99 Å². The third kappa shape index (κ3) is 8.55. The van der Waals surface area contributed by atoms with Gasteiger partial charge in [-0.3, -0.25) is 4.99 Å². The lowest BCUT2D eigenvalue weighted by Gasteiger charge is -2.37.